The number of hydrogen-bond acceptors (Lipinski definition) is 1. The Labute approximate surface area is 118 Å². The second-order valence-corrected chi connectivity index (χ2v) is 5.47. The lowest BCUT2D eigenvalue weighted by Gasteiger charge is -2.14. The van der Waals surface area contributed by atoms with Crippen molar-refractivity contribution in [2.45, 2.75) is 5.60 Å². The van der Waals surface area contributed by atoms with Gasteiger partial charge in [-0.3, -0.25) is 0 Å². The maximum absolute atomic E-state index is 13.7. The molecule has 0 spiro atoms. The molecule has 1 unspecified atom stereocenters. The quantitative estimate of drug-likeness (QED) is 0.584. The Balaban J connectivity index is 2.11. The van der Waals surface area contributed by atoms with Crippen molar-refractivity contribution in [3.05, 3.63) is 68.9 Å². The van der Waals surface area contributed by atoms with E-state index in [9.17, 15) is 4.39 Å². The van der Waals surface area contributed by atoms with Crippen LogP contribution in [0.5, 0.6) is 0 Å². The SMILES string of the molecule is Fc1cc(C2(c3ccccc3)CO2)cc(Br)c1Cl. The van der Waals surface area contributed by atoms with Gasteiger partial charge < -0.3 is 4.74 Å². The fourth-order valence-corrected chi connectivity index (χ4v) is 2.61. The molecule has 0 saturated carbocycles. The number of epoxide rings is 1. The van der Waals surface area contributed by atoms with Crippen molar-refractivity contribution in [3.8, 4) is 0 Å². The second kappa shape index (κ2) is 4.34. The van der Waals surface area contributed by atoms with Crippen molar-refractivity contribution in [1.82, 2.24) is 0 Å². The van der Waals surface area contributed by atoms with Crippen molar-refractivity contribution in [3.63, 3.8) is 0 Å². The average molecular weight is 328 g/mol. The summed E-state index contributed by atoms with van der Waals surface area (Å²) in [7, 11) is 0. The van der Waals surface area contributed by atoms with E-state index in [0.717, 1.165) is 11.1 Å². The molecule has 18 heavy (non-hydrogen) atoms. The Morgan fingerprint density at radius 3 is 2.39 bits per heavy atom. The van der Waals surface area contributed by atoms with Crippen molar-refractivity contribution >= 4 is 27.5 Å². The molecule has 0 aromatic heterocycles. The summed E-state index contributed by atoms with van der Waals surface area (Å²) in [5.74, 6) is -0.438. The first-order valence-electron chi connectivity index (χ1n) is 5.48. The molecule has 2 aromatic rings. The van der Waals surface area contributed by atoms with Crippen molar-refractivity contribution in [2.75, 3.05) is 6.61 Å². The summed E-state index contributed by atoms with van der Waals surface area (Å²) in [6, 6.07) is 13.0. The standard InChI is InChI=1S/C14H9BrClFO/c15-11-6-10(7-12(17)13(11)16)14(8-18-14)9-4-2-1-3-5-9/h1-7H,8H2. The van der Waals surface area contributed by atoms with E-state index in [1.165, 1.54) is 6.07 Å². The van der Waals surface area contributed by atoms with Crippen molar-refractivity contribution in [2.24, 2.45) is 0 Å². The minimum absolute atomic E-state index is 0.0996. The van der Waals surface area contributed by atoms with Gasteiger partial charge in [0.05, 0.1) is 11.6 Å². The molecule has 1 fully saturated rings. The maximum Gasteiger partial charge on any atom is 0.143 e. The normalized spacial score (nSPS) is 21.9. The molecule has 3 rings (SSSR count). The molecule has 0 amide bonds. The van der Waals surface area contributed by atoms with E-state index < -0.39 is 11.4 Å². The van der Waals surface area contributed by atoms with Gasteiger partial charge >= 0.3 is 0 Å². The molecule has 1 aliphatic rings. The van der Waals surface area contributed by atoms with Gasteiger partial charge in [-0.15, -0.1) is 0 Å². The van der Waals surface area contributed by atoms with Gasteiger partial charge in [0.15, 0.2) is 0 Å². The van der Waals surface area contributed by atoms with Crippen LogP contribution in [-0.4, -0.2) is 6.61 Å². The predicted octanol–water partition coefficient (Wildman–Crippen LogP) is 4.52. The highest BCUT2D eigenvalue weighted by molar-refractivity contribution is 9.10. The summed E-state index contributed by atoms with van der Waals surface area (Å²) in [4.78, 5) is 0. The van der Waals surface area contributed by atoms with E-state index in [4.69, 9.17) is 16.3 Å². The third-order valence-electron chi connectivity index (χ3n) is 3.12. The van der Waals surface area contributed by atoms with Crippen LogP contribution in [0.15, 0.2) is 46.9 Å². The van der Waals surface area contributed by atoms with Crippen LogP contribution in [0.25, 0.3) is 0 Å². The molecule has 2 aromatic carbocycles. The molecule has 1 atom stereocenters. The van der Waals surface area contributed by atoms with Crippen molar-refractivity contribution < 1.29 is 9.13 Å². The molecule has 1 heterocycles. The second-order valence-electron chi connectivity index (χ2n) is 4.24. The molecular formula is C14H9BrClFO. The Bertz CT molecular complexity index is 573. The van der Waals surface area contributed by atoms with E-state index >= 15 is 0 Å². The van der Waals surface area contributed by atoms with Gasteiger partial charge in [-0.05, 0) is 39.2 Å². The molecule has 0 radical (unpaired) electrons. The Hall–Kier alpha value is -0.900. The third-order valence-corrected chi connectivity index (χ3v) is 4.36. The van der Waals surface area contributed by atoms with Crippen LogP contribution in [-0.2, 0) is 10.3 Å². The number of benzene rings is 2. The molecule has 0 aliphatic carbocycles. The zero-order valence-corrected chi connectivity index (χ0v) is 11.6. The molecule has 1 aliphatic heterocycles. The van der Waals surface area contributed by atoms with Gasteiger partial charge in [0.25, 0.3) is 0 Å². The van der Waals surface area contributed by atoms with E-state index in [1.807, 2.05) is 36.4 Å². The molecular weight excluding hydrogens is 319 g/mol. The van der Waals surface area contributed by atoms with Crippen molar-refractivity contribution in [1.29, 1.82) is 0 Å². The fraction of sp³-hybridized carbons (Fsp3) is 0.143. The summed E-state index contributed by atoms with van der Waals surface area (Å²) >= 11 is 9.07. The summed E-state index contributed by atoms with van der Waals surface area (Å²) in [6.07, 6.45) is 0. The van der Waals surface area contributed by atoms with E-state index in [1.54, 1.807) is 0 Å². The highest BCUT2D eigenvalue weighted by Crippen LogP contribution is 2.46. The molecule has 0 bridgehead atoms. The Morgan fingerprint density at radius 1 is 1.17 bits per heavy atom. The average Bonchev–Trinajstić information content (AvgIpc) is 3.18. The maximum atomic E-state index is 13.7. The van der Waals surface area contributed by atoms with Gasteiger partial charge in [0.1, 0.15) is 11.4 Å². The van der Waals surface area contributed by atoms with Crippen LogP contribution < -0.4 is 0 Å². The number of ether oxygens (including phenoxy) is 1. The largest absolute Gasteiger partial charge is 0.359 e. The molecule has 4 heteroatoms. The predicted molar refractivity (Wildman–Crippen MR) is 72.3 cm³/mol. The summed E-state index contributed by atoms with van der Waals surface area (Å²) in [6.45, 7) is 0.560. The molecule has 0 N–H and O–H groups in total. The highest BCUT2D eigenvalue weighted by Gasteiger charge is 2.48. The summed E-state index contributed by atoms with van der Waals surface area (Å²) < 4.78 is 19.8. The van der Waals surface area contributed by atoms with E-state index in [-0.39, 0.29) is 5.02 Å². The monoisotopic (exact) mass is 326 g/mol. The number of halogens is 3. The highest BCUT2D eigenvalue weighted by atomic mass is 79.9. The van der Waals surface area contributed by atoms with Gasteiger partial charge in [-0.1, -0.05) is 41.9 Å². The summed E-state index contributed by atoms with van der Waals surface area (Å²) in [5, 5.41) is 0.0996. The lowest BCUT2D eigenvalue weighted by molar-refractivity contribution is 0.348. The van der Waals surface area contributed by atoms with Crippen LogP contribution >= 0.6 is 27.5 Å². The van der Waals surface area contributed by atoms with E-state index in [0.29, 0.717) is 11.1 Å². The van der Waals surface area contributed by atoms with Gasteiger partial charge in [-0.2, -0.15) is 0 Å². The van der Waals surface area contributed by atoms with Gasteiger partial charge in [0.2, 0.25) is 0 Å². The molecule has 92 valence electrons. The minimum Gasteiger partial charge on any atom is -0.359 e. The lowest BCUT2D eigenvalue weighted by atomic mass is 9.92. The molecule has 1 nitrogen and oxygen atoms in total. The third kappa shape index (κ3) is 1.87. The van der Waals surface area contributed by atoms with Crippen LogP contribution in [0.4, 0.5) is 4.39 Å². The van der Waals surface area contributed by atoms with Crippen LogP contribution in [0.1, 0.15) is 11.1 Å². The first kappa shape index (κ1) is 12.2. The Kier molecular flexibility index (Phi) is 2.93. The number of hydrogen-bond donors (Lipinski definition) is 0. The fourth-order valence-electron chi connectivity index (χ4n) is 2.07. The first-order chi connectivity index (χ1) is 8.63. The topological polar surface area (TPSA) is 12.5 Å². The van der Waals surface area contributed by atoms with Gasteiger partial charge in [-0.25, -0.2) is 4.39 Å². The minimum atomic E-state index is -0.519. The smallest absolute Gasteiger partial charge is 0.143 e. The summed E-state index contributed by atoms with van der Waals surface area (Å²) in [5.41, 5.74) is 1.29. The van der Waals surface area contributed by atoms with Gasteiger partial charge in [0, 0.05) is 4.47 Å². The van der Waals surface area contributed by atoms with Crippen LogP contribution in [0.2, 0.25) is 5.02 Å². The van der Waals surface area contributed by atoms with Crippen LogP contribution in [0, 0.1) is 5.82 Å². The molecule has 1 saturated heterocycles. The van der Waals surface area contributed by atoms with E-state index in [2.05, 4.69) is 15.9 Å². The Morgan fingerprint density at radius 2 is 1.83 bits per heavy atom. The zero-order valence-electron chi connectivity index (χ0n) is 9.29. The van der Waals surface area contributed by atoms with Crippen LogP contribution in [0.3, 0.4) is 0 Å². The zero-order chi connectivity index (χ0) is 12.8. The number of rotatable bonds is 2. The lowest BCUT2D eigenvalue weighted by Crippen LogP contribution is -2.11. The first-order valence-corrected chi connectivity index (χ1v) is 6.65.